The third-order valence-electron chi connectivity index (χ3n) is 4.53. The van der Waals surface area contributed by atoms with Gasteiger partial charge in [0, 0.05) is 6.54 Å². The van der Waals surface area contributed by atoms with E-state index in [1.807, 2.05) is 12.1 Å². The van der Waals surface area contributed by atoms with Gasteiger partial charge in [-0.3, -0.25) is 9.69 Å². The number of nitrogens with one attached hydrogen (secondary N) is 1. The average Bonchev–Trinajstić information content (AvgIpc) is 2.61. The fourth-order valence-electron chi connectivity index (χ4n) is 3.17. The molecule has 0 saturated carbocycles. The van der Waals surface area contributed by atoms with E-state index in [4.69, 9.17) is 14.2 Å². The summed E-state index contributed by atoms with van der Waals surface area (Å²) >= 11 is 0. The Labute approximate surface area is 150 Å². The highest BCUT2D eigenvalue weighted by Gasteiger charge is 2.15. The molecule has 1 aromatic carbocycles. The number of likely N-dealkylation sites (tertiary alicyclic amines) is 1. The first-order valence-corrected chi connectivity index (χ1v) is 8.96. The number of rotatable bonds is 7. The van der Waals surface area contributed by atoms with E-state index in [2.05, 4.69) is 10.2 Å². The number of methoxy groups -OCH3 is 3. The van der Waals surface area contributed by atoms with Crippen molar-refractivity contribution >= 4 is 5.91 Å². The van der Waals surface area contributed by atoms with Crippen LogP contribution in [0.5, 0.6) is 17.2 Å². The predicted molar refractivity (Wildman–Crippen MR) is 97.5 cm³/mol. The highest BCUT2D eigenvalue weighted by molar-refractivity contribution is 5.78. The minimum atomic E-state index is 0.0503. The first-order valence-electron chi connectivity index (χ1n) is 8.96. The number of amides is 1. The van der Waals surface area contributed by atoms with Gasteiger partial charge in [-0.15, -0.1) is 0 Å². The van der Waals surface area contributed by atoms with Crippen molar-refractivity contribution in [2.45, 2.75) is 38.6 Å². The second-order valence-corrected chi connectivity index (χ2v) is 6.35. The predicted octanol–water partition coefficient (Wildman–Crippen LogP) is 2.59. The summed E-state index contributed by atoms with van der Waals surface area (Å²) in [5.74, 6) is 1.79. The molecule has 1 heterocycles. The molecule has 1 N–H and O–H groups in total. The lowest BCUT2D eigenvalue weighted by Crippen LogP contribution is -2.38. The summed E-state index contributed by atoms with van der Waals surface area (Å²) in [4.78, 5) is 14.5. The molecule has 6 nitrogen and oxygen atoms in total. The highest BCUT2D eigenvalue weighted by atomic mass is 16.5. The topological polar surface area (TPSA) is 60.0 Å². The molecule has 1 aliphatic heterocycles. The van der Waals surface area contributed by atoms with Gasteiger partial charge in [0.2, 0.25) is 11.7 Å². The van der Waals surface area contributed by atoms with Crippen LogP contribution < -0.4 is 19.5 Å². The van der Waals surface area contributed by atoms with E-state index in [0.717, 1.165) is 18.7 Å². The maximum Gasteiger partial charge on any atom is 0.234 e. The van der Waals surface area contributed by atoms with Crippen LogP contribution in [0.1, 0.15) is 37.7 Å². The SMILES string of the molecule is COc1cc(CNC(=O)CN2CCCCCCC2)cc(OC)c1OC. The largest absolute Gasteiger partial charge is 0.493 e. The van der Waals surface area contributed by atoms with Crippen LogP contribution in [0.15, 0.2) is 12.1 Å². The lowest BCUT2D eigenvalue weighted by atomic mass is 10.1. The second kappa shape index (κ2) is 10.1. The number of carbonyl (C=O) groups is 1. The van der Waals surface area contributed by atoms with Gasteiger partial charge < -0.3 is 19.5 Å². The third-order valence-corrected chi connectivity index (χ3v) is 4.53. The molecule has 0 unspecified atom stereocenters. The van der Waals surface area contributed by atoms with Crippen molar-refractivity contribution in [2.24, 2.45) is 0 Å². The van der Waals surface area contributed by atoms with Gasteiger partial charge in [-0.2, -0.15) is 0 Å². The average molecular weight is 350 g/mol. The molecule has 0 aliphatic carbocycles. The van der Waals surface area contributed by atoms with Crippen molar-refractivity contribution in [3.8, 4) is 17.2 Å². The Hall–Kier alpha value is -1.95. The van der Waals surface area contributed by atoms with Crippen LogP contribution in [-0.2, 0) is 11.3 Å². The number of ether oxygens (including phenoxy) is 3. The molecule has 1 amide bonds. The number of benzene rings is 1. The lowest BCUT2D eigenvalue weighted by molar-refractivity contribution is -0.122. The maximum atomic E-state index is 12.3. The monoisotopic (exact) mass is 350 g/mol. The minimum Gasteiger partial charge on any atom is -0.493 e. The minimum absolute atomic E-state index is 0.0503. The zero-order valence-corrected chi connectivity index (χ0v) is 15.6. The molecule has 1 aliphatic rings. The van der Waals surface area contributed by atoms with Gasteiger partial charge in [0.15, 0.2) is 11.5 Å². The van der Waals surface area contributed by atoms with Crippen LogP contribution in [0.2, 0.25) is 0 Å². The molecule has 1 aromatic rings. The van der Waals surface area contributed by atoms with Gasteiger partial charge >= 0.3 is 0 Å². The summed E-state index contributed by atoms with van der Waals surface area (Å²) in [6.07, 6.45) is 6.22. The Morgan fingerprint density at radius 3 is 2.04 bits per heavy atom. The summed E-state index contributed by atoms with van der Waals surface area (Å²) in [7, 11) is 4.74. The Bertz CT molecular complexity index is 529. The van der Waals surface area contributed by atoms with Crippen LogP contribution >= 0.6 is 0 Å². The van der Waals surface area contributed by atoms with Gasteiger partial charge in [0.25, 0.3) is 0 Å². The van der Waals surface area contributed by atoms with Crippen LogP contribution in [0.4, 0.5) is 0 Å². The van der Waals surface area contributed by atoms with Gasteiger partial charge in [-0.25, -0.2) is 0 Å². The normalized spacial score (nSPS) is 15.8. The molecule has 140 valence electrons. The van der Waals surface area contributed by atoms with E-state index in [0.29, 0.717) is 30.3 Å². The first kappa shape index (κ1) is 19.4. The van der Waals surface area contributed by atoms with E-state index in [9.17, 15) is 4.79 Å². The molecule has 0 aromatic heterocycles. The highest BCUT2D eigenvalue weighted by Crippen LogP contribution is 2.38. The standard InChI is InChI=1S/C19H30N2O4/c1-23-16-11-15(12-17(24-2)19(16)25-3)13-20-18(22)14-21-9-7-5-4-6-8-10-21/h11-12H,4-10,13-14H2,1-3H3,(H,20,22). The third kappa shape index (κ3) is 5.81. The molecule has 2 rings (SSSR count). The van der Waals surface area contributed by atoms with E-state index in [1.54, 1.807) is 21.3 Å². The van der Waals surface area contributed by atoms with Crippen LogP contribution in [-0.4, -0.2) is 51.8 Å². The van der Waals surface area contributed by atoms with E-state index in [-0.39, 0.29) is 5.91 Å². The van der Waals surface area contributed by atoms with Crippen LogP contribution in [0, 0.1) is 0 Å². The Balaban J connectivity index is 1.92. The van der Waals surface area contributed by atoms with Gasteiger partial charge in [0.05, 0.1) is 27.9 Å². The Kier molecular flexibility index (Phi) is 7.85. The van der Waals surface area contributed by atoms with E-state index in [1.165, 1.54) is 32.1 Å². The van der Waals surface area contributed by atoms with E-state index >= 15 is 0 Å². The smallest absolute Gasteiger partial charge is 0.234 e. The summed E-state index contributed by atoms with van der Waals surface area (Å²) in [5.41, 5.74) is 0.913. The Morgan fingerprint density at radius 1 is 0.960 bits per heavy atom. The molecule has 1 fully saturated rings. The zero-order chi connectivity index (χ0) is 18.1. The van der Waals surface area contributed by atoms with Crippen molar-refractivity contribution < 1.29 is 19.0 Å². The molecule has 0 bridgehead atoms. The summed E-state index contributed by atoms with van der Waals surface area (Å²) in [6.45, 7) is 2.92. The molecule has 25 heavy (non-hydrogen) atoms. The van der Waals surface area contributed by atoms with Crippen molar-refractivity contribution in [2.75, 3.05) is 41.0 Å². The molecular formula is C19H30N2O4. The van der Waals surface area contributed by atoms with Gasteiger partial charge in [-0.1, -0.05) is 19.3 Å². The molecule has 0 atom stereocenters. The number of hydrogen-bond donors (Lipinski definition) is 1. The molecule has 1 saturated heterocycles. The lowest BCUT2D eigenvalue weighted by Gasteiger charge is -2.23. The van der Waals surface area contributed by atoms with Crippen molar-refractivity contribution in [1.29, 1.82) is 0 Å². The fraction of sp³-hybridized carbons (Fsp3) is 0.632. The summed E-state index contributed by atoms with van der Waals surface area (Å²) < 4.78 is 16.0. The van der Waals surface area contributed by atoms with Gasteiger partial charge in [0.1, 0.15) is 0 Å². The summed E-state index contributed by atoms with van der Waals surface area (Å²) in [5, 5.41) is 2.99. The quantitative estimate of drug-likeness (QED) is 0.819. The molecule has 6 heteroatoms. The summed E-state index contributed by atoms with van der Waals surface area (Å²) in [6, 6.07) is 3.72. The van der Waals surface area contributed by atoms with Crippen molar-refractivity contribution in [3.63, 3.8) is 0 Å². The van der Waals surface area contributed by atoms with Crippen LogP contribution in [0.3, 0.4) is 0 Å². The first-order chi connectivity index (χ1) is 12.2. The van der Waals surface area contributed by atoms with Crippen molar-refractivity contribution in [1.82, 2.24) is 10.2 Å². The molecular weight excluding hydrogens is 320 g/mol. The van der Waals surface area contributed by atoms with Crippen LogP contribution in [0.25, 0.3) is 0 Å². The Morgan fingerprint density at radius 2 is 1.52 bits per heavy atom. The zero-order valence-electron chi connectivity index (χ0n) is 15.6. The van der Waals surface area contributed by atoms with E-state index < -0.39 is 0 Å². The fourth-order valence-corrected chi connectivity index (χ4v) is 3.17. The van der Waals surface area contributed by atoms with Crippen molar-refractivity contribution in [3.05, 3.63) is 17.7 Å². The molecule has 0 radical (unpaired) electrons. The molecule has 0 spiro atoms. The second-order valence-electron chi connectivity index (χ2n) is 6.35. The number of nitrogens with zero attached hydrogens (tertiary/aromatic N) is 1. The maximum absolute atomic E-state index is 12.3. The van der Waals surface area contributed by atoms with Gasteiger partial charge in [-0.05, 0) is 43.6 Å². The number of hydrogen-bond acceptors (Lipinski definition) is 5. The number of carbonyl (C=O) groups excluding carboxylic acids is 1.